The number of likely N-dealkylation sites (tertiary alicyclic amines) is 1. The van der Waals surface area contributed by atoms with E-state index in [-0.39, 0.29) is 42.7 Å². The molecule has 0 radical (unpaired) electrons. The Morgan fingerprint density at radius 3 is 2.83 bits per heavy atom. The maximum absolute atomic E-state index is 12.4. The van der Waals surface area contributed by atoms with Crippen molar-refractivity contribution in [2.45, 2.75) is 51.6 Å². The summed E-state index contributed by atoms with van der Waals surface area (Å²) in [7, 11) is 0. The molecule has 0 bridgehead atoms. The van der Waals surface area contributed by atoms with Gasteiger partial charge in [-0.3, -0.25) is 14.5 Å². The van der Waals surface area contributed by atoms with Gasteiger partial charge in [0.15, 0.2) is 0 Å². The Hall–Kier alpha value is -1.35. The smallest absolute Gasteiger partial charge is 0.239 e. The van der Waals surface area contributed by atoms with Crippen LogP contribution < -0.4 is 16.0 Å². The van der Waals surface area contributed by atoms with E-state index < -0.39 is 0 Å². The zero-order chi connectivity index (χ0) is 19.1. The molecule has 0 spiro atoms. The number of piperidine rings is 1. The van der Waals surface area contributed by atoms with Gasteiger partial charge in [-0.05, 0) is 51.1 Å². The molecule has 0 aliphatic carbocycles. The van der Waals surface area contributed by atoms with Gasteiger partial charge in [0.1, 0.15) is 5.82 Å². The highest BCUT2D eigenvalue weighted by molar-refractivity contribution is 5.91. The van der Waals surface area contributed by atoms with Crippen LogP contribution in [0.3, 0.4) is 0 Å². The third-order valence-corrected chi connectivity index (χ3v) is 5.33. The number of carbonyl (C=O) groups is 2. The van der Waals surface area contributed by atoms with Gasteiger partial charge in [0.2, 0.25) is 11.8 Å². The van der Waals surface area contributed by atoms with Crippen LogP contribution in [0, 0.1) is 5.92 Å². The number of nitrogens with one attached hydrogen (secondary N) is 3. The number of carbonyl (C=O) groups excluding carboxylic acids is 2. The second-order valence-corrected chi connectivity index (χ2v) is 7.63. The van der Waals surface area contributed by atoms with Gasteiger partial charge in [-0.2, -0.15) is 5.10 Å². The van der Waals surface area contributed by atoms with Gasteiger partial charge in [0.05, 0.1) is 18.8 Å². The standard InChI is InChI=1S/C19H32N6O2.2ClH/c1-2-10-25-17(7-9-22-25)23-18(26)14-24-11-4-5-15(13-24)12-21-19(27)16-6-3-8-20-16;;/h7,9,15-16,20H,2-6,8,10-14H2,1H3,(H,21,27)(H,23,26);2*1H. The maximum Gasteiger partial charge on any atom is 0.239 e. The van der Waals surface area contributed by atoms with Crippen molar-refractivity contribution < 1.29 is 9.59 Å². The summed E-state index contributed by atoms with van der Waals surface area (Å²) >= 11 is 0. The lowest BCUT2D eigenvalue weighted by molar-refractivity contribution is -0.123. The predicted octanol–water partition coefficient (Wildman–Crippen LogP) is 1.66. The van der Waals surface area contributed by atoms with Gasteiger partial charge < -0.3 is 16.0 Å². The molecule has 8 nitrogen and oxygen atoms in total. The largest absolute Gasteiger partial charge is 0.354 e. The SMILES string of the molecule is CCCn1nccc1NC(=O)CN1CCCC(CNC(=O)C2CCCN2)C1.Cl.Cl. The van der Waals surface area contributed by atoms with E-state index in [0.717, 1.165) is 64.1 Å². The number of aromatic nitrogens is 2. The number of nitrogens with zero attached hydrogens (tertiary/aromatic N) is 3. The molecule has 10 heteroatoms. The number of anilines is 1. The molecule has 3 N–H and O–H groups in total. The Morgan fingerprint density at radius 1 is 1.28 bits per heavy atom. The molecule has 1 aromatic heterocycles. The summed E-state index contributed by atoms with van der Waals surface area (Å²) in [5, 5.41) is 13.5. The van der Waals surface area contributed by atoms with E-state index in [1.165, 1.54) is 0 Å². The first-order valence-corrected chi connectivity index (χ1v) is 10.2. The summed E-state index contributed by atoms with van der Waals surface area (Å²) in [6, 6.07) is 1.81. The van der Waals surface area contributed by atoms with Crippen LogP contribution in [-0.4, -0.2) is 65.3 Å². The fraction of sp³-hybridized carbons (Fsp3) is 0.737. The molecule has 2 fully saturated rings. The average molecular weight is 449 g/mol. The third kappa shape index (κ3) is 7.77. The van der Waals surface area contributed by atoms with Gasteiger partial charge in [-0.1, -0.05) is 6.92 Å². The molecule has 2 aliphatic rings. The molecule has 29 heavy (non-hydrogen) atoms. The van der Waals surface area contributed by atoms with Gasteiger partial charge in [0.25, 0.3) is 0 Å². The van der Waals surface area contributed by atoms with Crippen molar-refractivity contribution in [3.8, 4) is 0 Å². The normalized spacial score (nSPS) is 21.7. The van der Waals surface area contributed by atoms with E-state index in [1.54, 1.807) is 6.20 Å². The Balaban J connectivity index is 0.00000210. The molecule has 166 valence electrons. The zero-order valence-electron chi connectivity index (χ0n) is 17.1. The fourth-order valence-electron chi connectivity index (χ4n) is 3.95. The van der Waals surface area contributed by atoms with Crippen LogP contribution in [-0.2, 0) is 16.1 Å². The highest BCUT2D eigenvalue weighted by Gasteiger charge is 2.25. The van der Waals surface area contributed by atoms with Crippen LogP contribution in [0.5, 0.6) is 0 Å². The number of halogens is 2. The summed E-state index contributed by atoms with van der Waals surface area (Å²) in [6.07, 6.45) is 6.84. The molecule has 3 rings (SSSR count). The highest BCUT2D eigenvalue weighted by atomic mass is 35.5. The van der Waals surface area contributed by atoms with Crippen molar-refractivity contribution in [3.63, 3.8) is 0 Å². The summed E-state index contributed by atoms with van der Waals surface area (Å²) < 4.78 is 1.82. The number of amides is 2. The first-order chi connectivity index (χ1) is 13.2. The van der Waals surface area contributed by atoms with Crippen LogP contribution in [0.25, 0.3) is 0 Å². The average Bonchev–Trinajstić information content (AvgIpc) is 3.33. The van der Waals surface area contributed by atoms with Crippen molar-refractivity contribution in [2.24, 2.45) is 5.92 Å². The minimum Gasteiger partial charge on any atom is -0.354 e. The maximum atomic E-state index is 12.4. The summed E-state index contributed by atoms with van der Waals surface area (Å²) in [5.74, 6) is 1.27. The summed E-state index contributed by atoms with van der Waals surface area (Å²) in [6.45, 7) is 6.66. The predicted molar refractivity (Wildman–Crippen MR) is 119 cm³/mol. The van der Waals surface area contributed by atoms with Crippen molar-refractivity contribution in [1.29, 1.82) is 0 Å². The minimum absolute atomic E-state index is 0. The molecule has 2 saturated heterocycles. The topological polar surface area (TPSA) is 91.3 Å². The monoisotopic (exact) mass is 448 g/mol. The number of aryl methyl sites for hydroxylation is 1. The van der Waals surface area contributed by atoms with Crippen LogP contribution in [0.2, 0.25) is 0 Å². The van der Waals surface area contributed by atoms with Gasteiger partial charge in [0, 0.05) is 25.7 Å². The molecular formula is C19H34Cl2N6O2. The number of rotatable bonds is 8. The van der Waals surface area contributed by atoms with Gasteiger partial charge in [-0.25, -0.2) is 4.68 Å². The van der Waals surface area contributed by atoms with E-state index in [2.05, 4.69) is 32.9 Å². The fourth-order valence-corrected chi connectivity index (χ4v) is 3.95. The summed E-state index contributed by atoms with van der Waals surface area (Å²) in [4.78, 5) is 26.7. The molecule has 1 aromatic rings. The summed E-state index contributed by atoms with van der Waals surface area (Å²) in [5.41, 5.74) is 0. The highest BCUT2D eigenvalue weighted by Crippen LogP contribution is 2.16. The minimum atomic E-state index is -0.0246. The lowest BCUT2D eigenvalue weighted by Gasteiger charge is -2.32. The molecule has 2 atom stereocenters. The van der Waals surface area contributed by atoms with Crippen molar-refractivity contribution >= 4 is 42.4 Å². The molecule has 2 unspecified atom stereocenters. The van der Waals surface area contributed by atoms with Crippen LogP contribution in [0.1, 0.15) is 39.0 Å². The molecule has 2 aliphatic heterocycles. The molecule has 0 saturated carbocycles. The van der Waals surface area contributed by atoms with E-state index in [0.29, 0.717) is 19.0 Å². The van der Waals surface area contributed by atoms with Crippen molar-refractivity contribution in [2.75, 3.05) is 38.0 Å². The van der Waals surface area contributed by atoms with Crippen LogP contribution in [0.15, 0.2) is 12.3 Å². The van der Waals surface area contributed by atoms with Crippen molar-refractivity contribution in [1.82, 2.24) is 25.3 Å². The van der Waals surface area contributed by atoms with Gasteiger partial charge in [-0.15, -0.1) is 24.8 Å². The third-order valence-electron chi connectivity index (χ3n) is 5.33. The number of hydrogen-bond acceptors (Lipinski definition) is 5. The first kappa shape index (κ1) is 25.7. The molecule has 3 heterocycles. The van der Waals surface area contributed by atoms with E-state index >= 15 is 0 Å². The second kappa shape index (κ2) is 13.1. The van der Waals surface area contributed by atoms with E-state index in [1.807, 2.05) is 10.7 Å². The Kier molecular flexibility index (Phi) is 11.6. The second-order valence-electron chi connectivity index (χ2n) is 7.63. The molecule has 2 amide bonds. The van der Waals surface area contributed by atoms with Gasteiger partial charge >= 0.3 is 0 Å². The lowest BCUT2D eigenvalue weighted by Crippen LogP contribution is -2.46. The van der Waals surface area contributed by atoms with Crippen molar-refractivity contribution in [3.05, 3.63) is 12.3 Å². The number of hydrogen-bond donors (Lipinski definition) is 3. The molecular weight excluding hydrogens is 415 g/mol. The Morgan fingerprint density at radius 2 is 2.10 bits per heavy atom. The van der Waals surface area contributed by atoms with E-state index in [9.17, 15) is 9.59 Å². The van der Waals surface area contributed by atoms with Crippen LogP contribution in [0.4, 0.5) is 5.82 Å². The van der Waals surface area contributed by atoms with Crippen LogP contribution >= 0.6 is 24.8 Å². The lowest BCUT2D eigenvalue weighted by atomic mass is 9.98. The Labute approximate surface area is 185 Å². The first-order valence-electron chi connectivity index (χ1n) is 10.2. The Bertz CT molecular complexity index is 636. The zero-order valence-corrected chi connectivity index (χ0v) is 18.7. The molecule has 0 aromatic carbocycles. The van der Waals surface area contributed by atoms with E-state index in [4.69, 9.17) is 0 Å². The quantitative estimate of drug-likeness (QED) is 0.562.